The van der Waals surface area contributed by atoms with Crippen molar-refractivity contribution in [3.8, 4) is 34.4 Å². The monoisotopic (exact) mass is 1040 g/mol. The molecule has 0 saturated heterocycles. The van der Waals surface area contributed by atoms with Crippen LogP contribution >= 0.6 is 0 Å². The van der Waals surface area contributed by atoms with Gasteiger partial charge in [-0.3, -0.25) is 9.59 Å². The van der Waals surface area contributed by atoms with Crippen LogP contribution in [0.4, 0.5) is 0 Å². The summed E-state index contributed by atoms with van der Waals surface area (Å²) in [6.45, 7) is 4.94. The summed E-state index contributed by atoms with van der Waals surface area (Å²) in [4.78, 5) is 59.5. The molecule has 2 amide bonds. The van der Waals surface area contributed by atoms with Crippen LogP contribution < -0.4 is 9.47 Å². The van der Waals surface area contributed by atoms with Crippen LogP contribution in [0, 0.1) is 0 Å². The molecule has 2 N–H and O–H groups in total. The van der Waals surface area contributed by atoms with Crippen LogP contribution in [-0.2, 0) is 58.2 Å². The van der Waals surface area contributed by atoms with E-state index in [9.17, 15) is 29.4 Å². The van der Waals surface area contributed by atoms with E-state index in [0.29, 0.717) is 34.9 Å². The average Bonchev–Trinajstić information content (AvgIpc) is 4.13. The second-order valence-corrected chi connectivity index (χ2v) is 19.1. The molecule has 0 aliphatic heterocycles. The molecule has 0 fully saturated rings. The van der Waals surface area contributed by atoms with Crippen molar-refractivity contribution >= 4 is 23.8 Å². The number of nitrogens with zero attached hydrogens (tertiary/aromatic N) is 6. The number of carbonyl (C=O) groups excluding carboxylic acids is 2. The predicted molar refractivity (Wildman–Crippen MR) is 291 cm³/mol. The van der Waals surface area contributed by atoms with Crippen molar-refractivity contribution in [1.29, 1.82) is 0 Å². The number of aliphatic carboxylic acids is 2. The van der Waals surface area contributed by atoms with Crippen LogP contribution in [0.5, 0.6) is 11.5 Å². The summed E-state index contributed by atoms with van der Waals surface area (Å²) in [5.41, 5.74) is 4.50. The molecule has 0 spiro atoms. The first-order valence-electron chi connectivity index (χ1n) is 27.1. The fourth-order valence-corrected chi connectivity index (χ4v) is 8.88. The van der Waals surface area contributed by atoms with E-state index in [-0.39, 0.29) is 26.2 Å². The molecule has 6 rings (SSSR count). The number of methoxy groups -OCH3 is 2. The Balaban J connectivity index is 0.000000281. The average molecular weight is 1040 g/mol. The van der Waals surface area contributed by atoms with Crippen molar-refractivity contribution in [3.05, 3.63) is 131 Å². The number of carbonyl (C=O) groups is 4. The standard InChI is InChI=1S/2C30H39N3O5/c1-3-4-5-6-7-8-9-10-11-19-27-31-28(38-32-27)24-17-14-15-23(20-24)21-33(29(34)30(35)36)22-25-16-12-13-18-26(25)37-2;1-3-4-5-6-7-8-9-10-11-16-27-31-28(38-32-27)24-19-17-23(18-20-24)21-33(29(34)30(35)36)22-25-14-12-13-15-26(25)37-2/h12-18,20H,3-11,19,21-22H2,1-2H3,(H,35,36);12-15,17-20H,3-11,16,21-22H2,1-2H3,(H,35,36). The fraction of sp³-hybridized carbons (Fsp3) is 0.467. The lowest BCUT2D eigenvalue weighted by Crippen LogP contribution is -2.35. The van der Waals surface area contributed by atoms with Gasteiger partial charge in [0.2, 0.25) is 0 Å². The van der Waals surface area contributed by atoms with Crippen LogP contribution in [-0.4, -0.2) is 78.3 Å². The Hall–Kier alpha value is -7.36. The molecular formula is C60H78N6O10. The Kier molecular flexibility index (Phi) is 26.3. The first-order valence-corrected chi connectivity index (χ1v) is 27.1. The predicted octanol–water partition coefficient (Wildman–Crippen LogP) is 12.9. The van der Waals surface area contributed by atoms with Gasteiger partial charge in [-0.2, -0.15) is 9.97 Å². The molecule has 6 aromatic rings. The van der Waals surface area contributed by atoms with Crippen molar-refractivity contribution in [2.75, 3.05) is 14.2 Å². The lowest BCUT2D eigenvalue weighted by atomic mass is 10.1. The molecule has 0 aliphatic carbocycles. The molecule has 2 aromatic heterocycles. The van der Waals surface area contributed by atoms with Crippen LogP contribution in [0.2, 0.25) is 0 Å². The van der Waals surface area contributed by atoms with E-state index in [0.717, 1.165) is 65.5 Å². The maximum atomic E-state index is 12.5. The van der Waals surface area contributed by atoms with Gasteiger partial charge in [-0.05, 0) is 60.4 Å². The molecule has 2 heterocycles. The fourth-order valence-electron chi connectivity index (χ4n) is 8.88. The Morgan fingerprint density at radius 2 is 0.868 bits per heavy atom. The zero-order valence-corrected chi connectivity index (χ0v) is 45.1. The summed E-state index contributed by atoms with van der Waals surface area (Å²) in [6.07, 6.45) is 24.3. The minimum Gasteiger partial charge on any atom is -0.496 e. The molecule has 0 aliphatic rings. The Morgan fingerprint density at radius 3 is 1.30 bits per heavy atom. The largest absolute Gasteiger partial charge is 0.496 e. The first-order chi connectivity index (χ1) is 37.0. The van der Waals surface area contributed by atoms with E-state index in [1.807, 2.05) is 84.9 Å². The van der Waals surface area contributed by atoms with Crippen molar-refractivity contribution in [1.82, 2.24) is 30.1 Å². The molecule has 408 valence electrons. The maximum Gasteiger partial charge on any atom is 0.394 e. The number of amides is 2. The maximum absolute atomic E-state index is 12.5. The number of para-hydroxylation sites is 2. The number of hydrogen-bond acceptors (Lipinski definition) is 12. The van der Waals surface area contributed by atoms with Gasteiger partial charge in [-0.1, -0.05) is 188 Å². The second-order valence-electron chi connectivity index (χ2n) is 19.1. The third-order valence-corrected chi connectivity index (χ3v) is 13.1. The SMILES string of the molecule is CCCCCCCCCCCc1noc(-c2ccc(CN(Cc3ccccc3OC)C(=O)C(=O)O)cc2)n1.CCCCCCCCCCCc1noc(-c2cccc(CN(Cc3ccccc3OC)C(=O)C(=O)O)c2)n1. The van der Waals surface area contributed by atoms with Gasteiger partial charge in [-0.15, -0.1) is 0 Å². The third-order valence-electron chi connectivity index (χ3n) is 13.1. The summed E-state index contributed by atoms with van der Waals surface area (Å²) in [6, 6.07) is 29.2. The lowest BCUT2D eigenvalue weighted by molar-refractivity contribution is -0.156. The molecular weight excluding hydrogens is 965 g/mol. The quantitative estimate of drug-likeness (QED) is 0.0297. The Bertz CT molecular complexity index is 2670. The minimum absolute atomic E-state index is 0.100. The molecule has 16 nitrogen and oxygen atoms in total. The molecule has 0 unspecified atom stereocenters. The molecule has 16 heteroatoms. The van der Waals surface area contributed by atoms with Gasteiger partial charge in [0.05, 0.1) is 27.3 Å². The third kappa shape index (κ3) is 20.4. The van der Waals surface area contributed by atoms with Crippen LogP contribution in [0.25, 0.3) is 22.9 Å². The number of hydrogen-bond donors (Lipinski definition) is 2. The molecule has 0 radical (unpaired) electrons. The first kappa shape index (κ1) is 59.5. The number of rotatable bonds is 32. The number of benzene rings is 4. The van der Waals surface area contributed by atoms with Gasteiger partial charge in [0.25, 0.3) is 11.8 Å². The summed E-state index contributed by atoms with van der Waals surface area (Å²) in [7, 11) is 3.08. The normalized spacial score (nSPS) is 10.9. The number of carboxylic acids is 2. The zero-order valence-electron chi connectivity index (χ0n) is 45.1. The lowest BCUT2D eigenvalue weighted by Gasteiger charge is -2.22. The number of aromatic nitrogens is 4. The molecule has 0 bridgehead atoms. The van der Waals surface area contributed by atoms with E-state index in [2.05, 4.69) is 34.1 Å². The van der Waals surface area contributed by atoms with Gasteiger partial charge < -0.3 is 38.5 Å². The van der Waals surface area contributed by atoms with Crippen LogP contribution in [0.1, 0.15) is 163 Å². The van der Waals surface area contributed by atoms with Crippen LogP contribution in [0.3, 0.4) is 0 Å². The highest BCUT2D eigenvalue weighted by molar-refractivity contribution is 6.31. The van der Waals surface area contributed by atoms with E-state index in [4.69, 9.17) is 18.5 Å². The summed E-state index contributed by atoms with van der Waals surface area (Å²) >= 11 is 0. The van der Waals surface area contributed by atoms with Gasteiger partial charge in [0.15, 0.2) is 11.6 Å². The molecule has 76 heavy (non-hydrogen) atoms. The van der Waals surface area contributed by atoms with Crippen molar-refractivity contribution in [2.45, 2.75) is 168 Å². The van der Waals surface area contributed by atoms with Crippen LogP contribution in [0.15, 0.2) is 106 Å². The molecule has 0 atom stereocenters. The van der Waals surface area contributed by atoms with E-state index < -0.39 is 23.8 Å². The number of aryl methyl sites for hydroxylation is 2. The van der Waals surface area contributed by atoms with E-state index >= 15 is 0 Å². The Labute approximate surface area is 448 Å². The smallest absolute Gasteiger partial charge is 0.394 e. The van der Waals surface area contributed by atoms with Gasteiger partial charge in [0.1, 0.15) is 11.5 Å². The van der Waals surface area contributed by atoms with E-state index in [1.165, 1.54) is 106 Å². The van der Waals surface area contributed by atoms with E-state index in [1.54, 1.807) is 26.4 Å². The molecule has 0 saturated carbocycles. The van der Waals surface area contributed by atoms with Crippen molar-refractivity contribution < 1.29 is 47.9 Å². The summed E-state index contributed by atoms with van der Waals surface area (Å²) < 4.78 is 21.7. The topological polar surface area (TPSA) is 212 Å². The van der Waals surface area contributed by atoms with Crippen molar-refractivity contribution in [2.24, 2.45) is 0 Å². The van der Waals surface area contributed by atoms with Gasteiger partial charge >= 0.3 is 23.8 Å². The highest BCUT2D eigenvalue weighted by Gasteiger charge is 2.25. The van der Waals surface area contributed by atoms with Gasteiger partial charge in [0, 0.05) is 48.2 Å². The number of ether oxygens (including phenoxy) is 2. The Morgan fingerprint density at radius 1 is 0.461 bits per heavy atom. The zero-order chi connectivity index (χ0) is 54.3. The number of unbranched alkanes of at least 4 members (excludes halogenated alkanes) is 16. The van der Waals surface area contributed by atoms with Gasteiger partial charge in [-0.25, -0.2) is 9.59 Å². The molecule has 4 aromatic carbocycles. The minimum atomic E-state index is -1.51. The summed E-state index contributed by atoms with van der Waals surface area (Å²) in [5.74, 6) is -1.50. The number of carboxylic acid groups (broad SMARTS) is 2. The summed E-state index contributed by atoms with van der Waals surface area (Å²) in [5, 5.41) is 27.0. The second kappa shape index (κ2) is 33.5. The van der Waals surface area contributed by atoms with Crippen molar-refractivity contribution in [3.63, 3.8) is 0 Å². The highest BCUT2D eigenvalue weighted by atomic mass is 16.5. The highest BCUT2D eigenvalue weighted by Crippen LogP contribution is 2.26.